The van der Waals surface area contributed by atoms with E-state index in [1.165, 1.54) is 51.4 Å². The first-order valence-electron chi connectivity index (χ1n) is 9.52. The van der Waals surface area contributed by atoms with Gasteiger partial charge in [-0.25, -0.2) is 0 Å². The fourth-order valence-corrected chi connectivity index (χ4v) is 6.89. The molecule has 3 saturated carbocycles. The van der Waals surface area contributed by atoms with Crippen molar-refractivity contribution >= 4 is 0 Å². The van der Waals surface area contributed by atoms with Crippen molar-refractivity contribution in [2.45, 2.75) is 77.7 Å². The number of aliphatic hydroxyl groups excluding tert-OH is 1. The molecule has 2 unspecified atom stereocenters. The van der Waals surface area contributed by atoms with Gasteiger partial charge in [-0.1, -0.05) is 31.9 Å². The summed E-state index contributed by atoms with van der Waals surface area (Å²) in [7, 11) is 0. The molecule has 0 saturated heterocycles. The largest absolute Gasteiger partial charge is 0.393 e. The van der Waals surface area contributed by atoms with Gasteiger partial charge in [0.15, 0.2) is 0 Å². The lowest BCUT2D eigenvalue weighted by molar-refractivity contribution is -0.0743. The van der Waals surface area contributed by atoms with Gasteiger partial charge < -0.3 is 5.11 Å². The summed E-state index contributed by atoms with van der Waals surface area (Å²) in [6.45, 7) is 4.81. The average molecular weight is 288 g/mol. The minimum absolute atomic E-state index is 0.0238. The van der Waals surface area contributed by atoms with Crippen molar-refractivity contribution in [1.82, 2.24) is 0 Å². The summed E-state index contributed by atoms with van der Waals surface area (Å²) >= 11 is 0. The lowest BCUT2D eigenvalue weighted by Crippen LogP contribution is -2.50. The van der Waals surface area contributed by atoms with E-state index in [-0.39, 0.29) is 11.5 Å². The monoisotopic (exact) mass is 288 g/mol. The fraction of sp³-hybridized carbons (Fsp3) is 0.900. The molecule has 118 valence electrons. The SMILES string of the molecule is CCC1CC2=CCCC[C@@H]2[C@H]2CC[C@]3(C)C(O)CC[C@H]3[C@H]12. The van der Waals surface area contributed by atoms with E-state index in [0.29, 0.717) is 0 Å². The topological polar surface area (TPSA) is 20.2 Å². The molecular formula is C20H32O. The molecule has 4 aliphatic carbocycles. The molecule has 0 heterocycles. The van der Waals surface area contributed by atoms with Gasteiger partial charge in [0, 0.05) is 0 Å². The normalized spacial score (nSPS) is 52.6. The van der Waals surface area contributed by atoms with E-state index in [1.807, 2.05) is 5.57 Å². The van der Waals surface area contributed by atoms with Crippen LogP contribution in [0.25, 0.3) is 0 Å². The van der Waals surface area contributed by atoms with Gasteiger partial charge in [0.05, 0.1) is 6.10 Å². The highest BCUT2D eigenvalue weighted by Gasteiger charge is 2.57. The highest BCUT2D eigenvalue weighted by atomic mass is 16.3. The molecule has 0 amide bonds. The molecule has 3 fully saturated rings. The van der Waals surface area contributed by atoms with Gasteiger partial charge in [-0.05, 0) is 86.4 Å². The van der Waals surface area contributed by atoms with Gasteiger partial charge in [-0.15, -0.1) is 0 Å². The van der Waals surface area contributed by atoms with Crippen LogP contribution in [-0.2, 0) is 0 Å². The average Bonchev–Trinajstić information content (AvgIpc) is 2.82. The third-order valence-corrected chi connectivity index (χ3v) is 8.02. The van der Waals surface area contributed by atoms with Crippen molar-refractivity contribution in [3.05, 3.63) is 11.6 Å². The maximum Gasteiger partial charge on any atom is 0.0596 e. The molecular weight excluding hydrogens is 256 g/mol. The number of rotatable bonds is 1. The minimum Gasteiger partial charge on any atom is -0.393 e. The van der Waals surface area contributed by atoms with E-state index >= 15 is 0 Å². The van der Waals surface area contributed by atoms with Crippen LogP contribution in [0.2, 0.25) is 0 Å². The van der Waals surface area contributed by atoms with Crippen molar-refractivity contribution in [3.8, 4) is 0 Å². The molecule has 1 nitrogen and oxygen atoms in total. The van der Waals surface area contributed by atoms with Gasteiger partial charge in [0.2, 0.25) is 0 Å². The Bertz CT molecular complexity index is 439. The second-order valence-electron chi connectivity index (χ2n) is 8.67. The third kappa shape index (κ3) is 1.99. The summed E-state index contributed by atoms with van der Waals surface area (Å²) in [5.74, 6) is 4.46. The zero-order valence-corrected chi connectivity index (χ0v) is 13.9. The van der Waals surface area contributed by atoms with E-state index in [0.717, 1.165) is 36.0 Å². The predicted octanol–water partition coefficient (Wildman–Crippen LogP) is 4.95. The summed E-state index contributed by atoms with van der Waals surface area (Å²) in [6, 6.07) is 0. The fourth-order valence-electron chi connectivity index (χ4n) is 6.89. The molecule has 0 aromatic rings. The van der Waals surface area contributed by atoms with Crippen molar-refractivity contribution < 1.29 is 5.11 Å². The van der Waals surface area contributed by atoms with E-state index in [1.54, 1.807) is 0 Å². The first-order valence-corrected chi connectivity index (χ1v) is 9.52. The van der Waals surface area contributed by atoms with Crippen LogP contribution in [0.1, 0.15) is 71.6 Å². The summed E-state index contributed by atoms with van der Waals surface area (Å²) in [6.07, 6.45) is 14.5. The minimum atomic E-state index is -0.0238. The molecule has 0 radical (unpaired) electrons. The smallest absolute Gasteiger partial charge is 0.0596 e. The molecule has 0 spiro atoms. The Kier molecular flexibility index (Phi) is 3.48. The summed E-state index contributed by atoms with van der Waals surface area (Å²) < 4.78 is 0. The van der Waals surface area contributed by atoms with E-state index in [4.69, 9.17) is 0 Å². The van der Waals surface area contributed by atoms with Crippen LogP contribution in [0.5, 0.6) is 0 Å². The molecule has 1 heteroatoms. The predicted molar refractivity (Wildman–Crippen MR) is 86.9 cm³/mol. The van der Waals surface area contributed by atoms with Crippen LogP contribution in [0.3, 0.4) is 0 Å². The second kappa shape index (κ2) is 5.11. The van der Waals surface area contributed by atoms with Gasteiger partial charge >= 0.3 is 0 Å². The highest BCUT2D eigenvalue weighted by Crippen LogP contribution is 2.63. The third-order valence-electron chi connectivity index (χ3n) is 8.02. The molecule has 0 bridgehead atoms. The molecule has 0 aromatic carbocycles. The van der Waals surface area contributed by atoms with E-state index < -0.39 is 0 Å². The Morgan fingerprint density at radius 1 is 1.24 bits per heavy atom. The molecule has 4 rings (SSSR count). The highest BCUT2D eigenvalue weighted by molar-refractivity contribution is 5.19. The van der Waals surface area contributed by atoms with E-state index in [9.17, 15) is 5.11 Å². The Labute approximate surface area is 130 Å². The van der Waals surface area contributed by atoms with Gasteiger partial charge in [-0.3, -0.25) is 0 Å². The van der Waals surface area contributed by atoms with Crippen molar-refractivity contribution in [2.75, 3.05) is 0 Å². The van der Waals surface area contributed by atoms with Crippen LogP contribution >= 0.6 is 0 Å². The Hall–Kier alpha value is -0.300. The zero-order chi connectivity index (χ0) is 14.6. The van der Waals surface area contributed by atoms with Crippen molar-refractivity contribution in [1.29, 1.82) is 0 Å². The molecule has 21 heavy (non-hydrogen) atoms. The first-order chi connectivity index (χ1) is 10.1. The number of allylic oxidation sites excluding steroid dienone is 2. The Morgan fingerprint density at radius 2 is 2.10 bits per heavy atom. The second-order valence-corrected chi connectivity index (χ2v) is 8.67. The number of hydrogen-bond acceptors (Lipinski definition) is 1. The first kappa shape index (κ1) is 14.3. The van der Waals surface area contributed by atoms with Crippen LogP contribution in [0.15, 0.2) is 11.6 Å². The Morgan fingerprint density at radius 3 is 2.90 bits per heavy atom. The van der Waals surface area contributed by atoms with Gasteiger partial charge in [-0.2, -0.15) is 0 Å². The number of hydrogen-bond donors (Lipinski definition) is 1. The van der Waals surface area contributed by atoms with E-state index in [2.05, 4.69) is 19.9 Å². The lowest BCUT2D eigenvalue weighted by Gasteiger charge is -2.56. The van der Waals surface area contributed by atoms with Crippen LogP contribution < -0.4 is 0 Å². The van der Waals surface area contributed by atoms with Gasteiger partial charge in [0.25, 0.3) is 0 Å². The number of fused-ring (bicyclic) bond motifs is 5. The van der Waals surface area contributed by atoms with Crippen molar-refractivity contribution in [2.24, 2.45) is 35.0 Å². The Balaban J connectivity index is 1.69. The summed E-state index contributed by atoms with van der Waals surface area (Å²) in [4.78, 5) is 0. The van der Waals surface area contributed by atoms with Crippen LogP contribution in [0, 0.1) is 35.0 Å². The molecule has 1 N–H and O–H groups in total. The number of aliphatic hydroxyl groups is 1. The maximum absolute atomic E-state index is 10.6. The molecule has 7 atom stereocenters. The molecule has 0 aliphatic heterocycles. The zero-order valence-electron chi connectivity index (χ0n) is 13.9. The van der Waals surface area contributed by atoms with Crippen LogP contribution in [0.4, 0.5) is 0 Å². The lowest BCUT2D eigenvalue weighted by atomic mass is 9.49. The summed E-state index contributed by atoms with van der Waals surface area (Å²) in [5, 5.41) is 10.6. The van der Waals surface area contributed by atoms with Crippen LogP contribution in [-0.4, -0.2) is 11.2 Å². The molecule has 4 aliphatic rings. The maximum atomic E-state index is 10.6. The van der Waals surface area contributed by atoms with Crippen molar-refractivity contribution in [3.63, 3.8) is 0 Å². The standard InChI is InChI=1S/C20H32O/c1-3-13-12-14-6-4-5-7-15(14)16-10-11-20(2)17(19(13)16)8-9-18(20)21/h6,13,15-19,21H,3-5,7-12H2,1-2H3/t13?,15-,16+,17-,18?,19+,20-/m0/s1. The summed E-state index contributed by atoms with van der Waals surface area (Å²) in [5.41, 5.74) is 2.07. The van der Waals surface area contributed by atoms with Gasteiger partial charge in [0.1, 0.15) is 0 Å². The molecule has 0 aromatic heterocycles. The quantitative estimate of drug-likeness (QED) is 0.677.